The number of fused-ring (bicyclic) bond motifs is 1. The van der Waals surface area contributed by atoms with E-state index >= 15 is 0 Å². The minimum atomic E-state index is -0.943. The molecule has 3 rings (SSSR count). The van der Waals surface area contributed by atoms with Crippen molar-refractivity contribution >= 4 is 57.7 Å². The number of hydrogen-bond acceptors (Lipinski definition) is 12. The number of esters is 2. The largest absolute Gasteiger partial charge is 0.427 e. The minimum absolute atomic E-state index is 0.0321. The fraction of sp³-hybridized carbons (Fsp3) is 0.417. The lowest BCUT2D eigenvalue weighted by atomic mass is 9.98. The van der Waals surface area contributed by atoms with Crippen LogP contribution in [0.25, 0.3) is 0 Å². The van der Waals surface area contributed by atoms with Crippen LogP contribution in [-0.2, 0) is 33.5 Å². The third kappa shape index (κ3) is 6.42. The molecule has 2 amide bonds. The average Bonchev–Trinajstić information content (AvgIpc) is 3.29. The van der Waals surface area contributed by atoms with Gasteiger partial charge in [-0.15, -0.1) is 23.1 Å². The Labute approximate surface area is 227 Å². The number of β-lactam (4-membered cyclic amide) rings is 1. The van der Waals surface area contributed by atoms with E-state index in [1.54, 1.807) is 45.2 Å². The fourth-order valence-electron chi connectivity index (χ4n) is 3.35. The van der Waals surface area contributed by atoms with E-state index in [4.69, 9.17) is 20.0 Å². The number of oxime groups is 1. The Morgan fingerprint density at radius 2 is 2.08 bits per heavy atom. The molecule has 3 heterocycles. The number of nitrogen functional groups attached to an aromatic ring is 1. The van der Waals surface area contributed by atoms with Gasteiger partial charge < -0.3 is 25.4 Å². The topological polar surface area (TPSA) is 163 Å². The number of carbonyl (C=O) groups excluding carboxylic acids is 4. The molecule has 12 nitrogen and oxygen atoms in total. The maximum atomic E-state index is 13.2. The van der Waals surface area contributed by atoms with Gasteiger partial charge in [0.2, 0.25) is 6.79 Å². The molecule has 1 aromatic heterocycles. The van der Waals surface area contributed by atoms with E-state index in [0.29, 0.717) is 11.3 Å². The number of allylic oxidation sites excluding steroid dienone is 2. The van der Waals surface area contributed by atoms with E-state index in [1.165, 1.54) is 22.7 Å². The van der Waals surface area contributed by atoms with E-state index in [2.05, 4.69) is 22.0 Å². The summed E-state index contributed by atoms with van der Waals surface area (Å²) < 4.78 is 10.2. The van der Waals surface area contributed by atoms with Gasteiger partial charge >= 0.3 is 11.9 Å². The van der Waals surface area contributed by atoms with Gasteiger partial charge in [-0.2, -0.15) is 0 Å². The van der Waals surface area contributed by atoms with E-state index in [1.807, 2.05) is 0 Å². The molecule has 2 aliphatic heterocycles. The highest BCUT2D eigenvalue weighted by molar-refractivity contribution is 8.00. The van der Waals surface area contributed by atoms with Crippen molar-refractivity contribution in [2.24, 2.45) is 10.6 Å². The molecule has 2 aliphatic rings. The van der Waals surface area contributed by atoms with Crippen LogP contribution in [0.5, 0.6) is 0 Å². The zero-order valence-electron chi connectivity index (χ0n) is 21.4. The number of ether oxygens (including phenoxy) is 2. The summed E-state index contributed by atoms with van der Waals surface area (Å²) in [4.78, 5) is 61.6. The summed E-state index contributed by atoms with van der Waals surface area (Å²) in [5.74, 6) is -2.19. The highest BCUT2D eigenvalue weighted by Gasteiger charge is 2.54. The first-order chi connectivity index (χ1) is 18.0. The summed E-state index contributed by atoms with van der Waals surface area (Å²) in [5, 5.41) is 7.70. The molecule has 1 saturated heterocycles. The normalized spacial score (nSPS) is 19.5. The molecule has 38 heavy (non-hydrogen) atoms. The van der Waals surface area contributed by atoms with E-state index < -0.39 is 47.4 Å². The van der Waals surface area contributed by atoms with Crippen LogP contribution in [0.1, 0.15) is 33.4 Å². The molecular weight excluding hydrogens is 534 g/mol. The summed E-state index contributed by atoms with van der Waals surface area (Å²) in [5.41, 5.74) is 5.56. The second-order valence-electron chi connectivity index (χ2n) is 9.06. The molecule has 204 valence electrons. The zero-order valence-corrected chi connectivity index (χ0v) is 23.0. The Morgan fingerprint density at radius 1 is 1.34 bits per heavy atom. The quantitative estimate of drug-likeness (QED) is 0.0818. The molecule has 0 aliphatic carbocycles. The number of aromatic nitrogens is 1. The maximum Gasteiger partial charge on any atom is 0.358 e. The van der Waals surface area contributed by atoms with Crippen molar-refractivity contribution in [3.05, 3.63) is 47.2 Å². The predicted octanol–water partition coefficient (Wildman–Crippen LogP) is 1.95. The summed E-state index contributed by atoms with van der Waals surface area (Å²) in [6.45, 7) is 9.78. The third-order valence-electron chi connectivity index (χ3n) is 5.17. The van der Waals surface area contributed by atoms with Gasteiger partial charge in [0.25, 0.3) is 11.8 Å². The van der Waals surface area contributed by atoms with Gasteiger partial charge in [-0.25, -0.2) is 9.78 Å². The van der Waals surface area contributed by atoms with E-state index in [9.17, 15) is 19.2 Å². The zero-order chi connectivity index (χ0) is 28.0. The number of amides is 2. The molecule has 0 bridgehead atoms. The first kappa shape index (κ1) is 28.9. The van der Waals surface area contributed by atoms with Crippen LogP contribution >= 0.6 is 23.1 Å². The number of nitrogens with one attached hydrogen (secondary N) is 1. The molecule has 2 atom stereocenters. The molecule has 1 aromatic rings. The second-order valence-corrected chi connectivity index (χ2v) is 11.1. The Bertz CT molecular complexity index is 1210. The molecular formula is C24H29N5O7S2. The average molecular weight is 564 g/mol. The van der Waals surface area contributed by atoms with Crippen molar-refractivity contribution in [1.29, 1.82) is 0 Å². The Balaban J connectivity index is 1.75. The number of hydrogen-bond donors (Lipinski definition) is 2. The predicted molar refractivity (Wildman–Crippen MR) is 143 cm³/mol. The molecule has 1 fully saturated rings. The minimum Gasteiger partial charge on any atom is -0.427 e. The Kier molecular flexibility index (Phi) is 9.33. The van der Waals surface area contributed by atoms with Crippen molar-refractivity contribution in [2.45, 2.75) is 39.1 Å². The SMILES string of the molecule is C=CCO/N=C(\C(=O)N[C@@H]1C(=O)N2C(C(=O)OCOC(=O)C(C)(C)C)=C(/C=C\C)CS[C@H]12)c1csc(N)n1. The summed E-state index contributed by atoms with van der Waals surface area (Å²) in [6, 6.07) is -0.943. The van der Waals surface area contributed by atoms with Crippen molar-refractivity contribution in [1.82, 2.24) is 15.2 Å². The summed E-state index contributed by atoms with van der Waals surface area (Å²) in [6.07, 6.45) is 4.90. The van der Waals surface area contributed by atoms with Crippen LogP contribution < -0.4 is 11.1 Å². The standard InChI is InChI=1S/C24H29N5O7S2/c1-6-8-13-10-37-20-16(27-18(30)15(28-36-9-7-2)14-11-38-23(25)26-14)19(31)29(20)17(13)21(32)34-12-35-22(33)24(3,4)5/h6-8,11,16,20H,2,9-10,12H2,1,3-5H3,(H2,25,26)(H,27,30)/b8-6-,28-15-/t16-,20-/m1/s1. The lowest BCUT2D eigenvalue weighted by Crippen LogP contribution is -2.71. The molecule has 0 spiro atoms. The van der Waals surface area contributed by atoms with Crippen molar-refractivity contribution in [3.8, 4) is 0 Å². The first-order valence-corrected chi connectivity index (χ1v) is 13.4. The lowest BCUT2D eigenvalue weighted by molar-refractivity contribution is -0.173. The number of thioether (sulfide) groups is 1. The number of nitrogens with two attached hydrogens (primary N) is 1. The molecule has 0 saturated carbocycles. The van der Waals surface area contributed by atoms with Crippen LogP contribution in [0.3, 0.4) is 0 Å². The van der Waals surface area contributed by atoms with Gasteiger partial charge in [0.1, 0.15) is 29.4 Å². The molecule has 14 heteroatoms. The third-order valence-corrected chi connectivity index (χ3v) is 7.14. The van der Waals surface area contributed by atoms with Gasteiger partial charge in [0, 0.05) is 11.1 Å². The maximum absolute atomic E-state index is 13.2. The van der Waals surface area contributed by atoms with Crippen LogP contribution in [0, 0.1) is 5.41 Å². The number of nitrogens with zero attached hydrogens (tertiary/aromatic N) is 3. The van der Waals surface area contributed by atoms with E-state index in [-0.39, 0.29) is 28.8 Å². The van der Waals surface area contributed by atoms with Crippen LogP contribution in [0.2, 0.25) is 0 Å². The Morgan fingerprint density at radius 3 is 2.68 bits per heavy atom. The van der Waals surface area contributed by atoms with Crippen molar-refractivity contribution in [3.63, 3.8) is 0 Å². The lowest BCUT2D eigenvalue weighted by Gasteiger charge is -2.49. The van der Waals surface area contributed by atoms with Gasteiger partial charge in [-0.05, 0) is 33.3 Å². The second kappa shape index (κ2) is 12.3. The van der Waals surface area contributed by atoms with Crippen LogP contribution in [0.15, 0.2) is 46.6 Å². The monoisotopic (exact) mass is 563 g/mol. The van der Waals surface area contributed by atoms with Gasteiger partial charge in [-0.1, -0.05) is 30.0 Å². The molecule has 0 unspecified atom stereocenters. The molecule has 0 radical (unpaired) electrons. The number of thiazole rings is 1. The molecule has 3 N–H and O–H groups in total. The summed E-state index contributed by atoms with van der Waals surface area (Å²) in [7, 11) is 0. The fourth-order valence-corrected chi connectivity index (χ4v) is 5.21. The highest BCUT2D eigenvalue weighted by Crippen LogP contribution is 2.41. The van der Waals surface area contributed by atoms with Crippen LogP contribution in [0.4, 0.5) is 5.13 Å². The first-order valence-electron chi connectivity index (χ1n) is 11.5. The van der Waals surface area contributed by atoms with Crippen LogP contribution in [-0.4, -0.2) is 69.9 Å². The number of rotatable bonds is 10. The Hall–Kier alpha value is -3.65. The number of carbonyl (C=O) groups is 4. The van der Waals surface area contributed by atoms with Crippen molar-refractivity contribution < 1.29 is 33.5 Å². The van der Waals surface area contributed by atoms with Gasteiger partial charge in [-0.3, -0.25) is 19.3 Å². The van der Waals surface area contributed by atoms with Gasteiger partial charge in [0.05, 0.1) is 5.41 Å². The van der Waals surface area contributed by atoms with Gasteiger partial charge in [0.15, 0.2) is 10.8 Å². The highest BCUT2D eigenvalue weighted by atomic mass is 32.2. The number of anilines is 1. The van der Waals surface area contributed by atoms with E-state index in [0.717, 1.165) is 11.3 Å². The summed E-state index contributed by atoms with van der Waals surface area (Å²) >= 11 is 2.49. The molecule has 0 aromatic carbocycles. The van der Waals surface area contributed by atoms with Crippen molar-refractivity contribution in [2.75, 3.05) is 24.9 Å². The smallest absolute Gasteiger partial charge is 0.358 e.